The molecular formula is C30H32ClN3O. The third-order valence-corrected chi connectivity index (χ3v) is 9.22. The number of hydrogen-bond acceptors (Lipinski definition) is 3. The van der Waals surface area contributed by atoms with Crippen molar-refractivity contribution < 1.29 is 4.79 Å². The second kappa shape index (κ2) is 9.07. The number of likely N-dealkylation sites (tertiary alicyclic amines) is 1. The second-order valence-corrected chi connectivity index (χ2v) is 10.9. The van der Waals surface area contributed by atoms with E-state index < -0.39 is 5.54 Å². The highest BCUT2D eigenvalue weighted by molar-refractivity contribution is 6.29. The number of aromatic nitrogens is 1. The summed E-state index contributed by atoms with van der Waals surface area (Å²) in [6.07, 6.45) is 6.17. The van der Waals surface area contributed by atoms with Gasteiger partial charge in [-0.3, -0.25) is 4.79 Å². The smallest absolute Gasteiger partial charge is 0.210 e. The molecule has 4 unspecified atom stereocenters. The summed E-state index contributed by atoms with van der Waals surface area (Å²) in [5, 5.41) is 4.34. The fraction of sp³-hybridized carbons (Fsp3) is 0.400. The summed E-state index contributed by atoms with van der Waals surface area (Å²) in [6, 6.07) is 25.8. The SMILES string of the molecule is O=CN1CCC(c2ccccc2)CC1(c1ccccc1)C1CNCC12CCCc1nc(Cl)ccc12. The maximum atomic E-state index is 12.8. The van der Waals surface area contributed by atoms with Crippen LogP contribution in [0.2, 0.25) is 5.15 Å². The predicted molar refractivity (Wildman–Crippen MR) is 140 cm³/mol. The van der Waals surface area contributed by atoms with Crippen molar-refractivity contribution in [2.24, 2.45) is 5.92 Å². The molecule has 4 atom stereocenters. The van der Waals surface area contributed by atoms with E-state index in [0.29, 0.717) is 11.1 Å². The zero-order chi connectivity index (χ0) is 23.9. The minimum absolute atomic E-state index is 0.0825. The third-order valence-electron chi connectivity index (χ3n) is 9.01. The summed E-state index contributed by atoms with van der Waals surface area (Å²) in [5.41, 5.74) is 4.59. The number of amides is 1. The monoisotopic (exact) mass is 485 g/mol. The number of piperidine rings is 1. The lowest BCUT2D eigenvalue weighted by Crippen LogP contribution is -2.60. The van der Waals surface area contributed by atoms with Gasteiger partial charge in [0.25, 0.3) is 0 Å². The van der Waals surface area contributed by atoms with E-state index in [1.807, 2.05) is 6.07 Å². The molecule has 2 fully saturated rings. The van der Waals surface area contributed by atoms with Crippen LogP contribution in [-0.2, 0) is 22.2 Å². The van der Waals surface area contributed by atoms with Crippen molar-refractivity contribution in [3.63, 3.8) is 0 Å². The number of carbonyl (C=O) groups excluding carboxylic acids is 1. The van der Waals surface area contributed by atoms with Gasteiger partial charge in [0.05, 0.1) is 5.54 Å². The molecule has 3 heterocycles. The van der Waals surface area contributed by atoms with Gasteiger partial charge < -0.3 is 10.2 Å². The minimum Gasteiger partial charge on any atom is -0.335 e. The van der Waals surface area contributed by atoms with Gasteiger partial charge >= 0.3 is 0 Å². The highest BCUT2D eigenvalue weighted by Gasteiger charge is 2.60. The molecule has 0 bridgehead atoms. The Kier molecular flexibility index (Phi) is 5.90. The summed E-state index contributed by atoms with van der Waals surface area (Å²) in [7, 11) is 0. The topological polar surface area (TPSA) is 45.2 Å². The third kappa shape index (κ3) is 3.61. The molecule has 0 saturated carbocycles. The van der Waals surface area contributed by atoms with Crippen molar-refractivity contribution in [3.8, 4) is 0 Å². The van der Waals surface area contributed by atoms with Crippen LogP contribution in [-0.4, -0.2) is 35.9 Å². The number of aryl methyl sites for hydroxylation is 1. The molecule has 4 nitrogen and oxygen atoms in total. The van der Waals surface area contributed by atoms with E-state index in [2.05, 4.69) is 76.9 Å². The van der Waals surface area contributed by atoms with Crippen LogP contribution in [0.5, 0.6) is 0 Å². The van der Waals surface area contributed by atoms with Crippen LogP contribution < -0.4 is 5.32 Å². The maximum Gasteiger partial charge on any atom is 0.210 e. The van der Waals surface area contributed by atoms with Gasteiger partial charge in [0, 0.05) is 36.7 Å². The van der Waals surface area contributed by atoms with Gasteiger partial charge in [-0.15, -0.1) is 0 Å². The molecule has 2 saturated heterocycles. The summed E-state index contributed by atoms with van der Waals surface area (Å²) in [6.45, 7) is 2.55. The van der Waals surface area contributed by atoms with Crippen LogP contribution in [0, 0.1) is 5.92 Å². The van der Waals surface area contributed by atoms with Crippen LogP contribution in [0.1, 0.15) is 54.0 Å². The van der Waals surface area contributed by atoms with Crippen molar-refractivity contribution in [1.82, 2.24) is 15.2 Å². The molecular weight excluding hydrogens is 454 g/mol. The van der Waals surface area contributed by atoms with Gasteiger partial charge in [-0.1, -0.05) is 78.3 Å². The minimum atomic E-state index is -0.403. The largest absolute Gasteiger partial charge is 0.335 e. The van der Waals surface area contributed by atoms with Crippen LogP contribution in [0.15, 0.2) is 72.8 Å². The van der Waals surface area contributed by atoms with Crippen LogP contribution in [0.3, 0.4) is 0 Å². The second-order valence-electron chi connectivity index (χ2n) is 10.5. The first-order chi connectivity index (χ1) is 17.2. The molecule has 1 aliphatic carbocycles. The number of benzene rings is 2. The van der Waals surface area contributed by atoms with Gasteiger partial charge in [0.1, 0.15) is 5.15 Å². The Bertz CT molecular complexity index is 1200. The van der Waals surface area contributed by atoms with Gasteiger partial charge in [-0.2, -0.15) is 0 Å². The molecule has 2 aliphatic heterocycles. The van der Waals surface area contributed by atoms with Gasteiger partial charge in [-0.05, 0) is 60.8 Å². The molecule has 35 heavy (non-hydrogen) atoms. The van der Waals surface area contributed by atoms with Crippen LogP contribution in [0.25, 0.3) is 0 Å². The Morgan fingerprint density at radius 3 is 2.57 bits per heavy atom. The van der Waals surface area contributed by atoms with Gasteiger partial charge in [0.2, 0.25) is 6.41 Å². The quantitative estimate of drug-likeness (QED) is 0.394. The zero-order valence-corrected chi connectivity index (χ0v) is 20.8. The summed E-state index contributed by atoms with van der Waals surface area (Å²) in [5.74, 6) is 0.632. The fourth-order valence-electron chi connectivity index (χ4n) is 7.55. The molecule has 1 spiro atoms. The molecule has 2 aromatic carbocycles. The molecule has 1 aromatic heterocycles. The van der Waals surface area contributed by atoms with E-state index >= 15 is 0 Å². The number of pyridine rings is 1. The highest BCUT2D eigenvalue weighted by atomic mass is 35.5. The van der Waals surface area contributed by atoms with Crippen LogP contribution >= 0.6 is 11.6 Å². The maximum absolute atomic E-state index is 12.8. The normalized spacial score (nSPS) is 30.3. The van der Waals surface area contributed by atoms with E-state index in [1.54, 1.807) is 0 Å². The number of carbonyl (C=O) groups is 1. The molecule has 3 aliphatic rings. The van der Waals surface area contributed by atoms with Crippen molar-refractivity contribution in [2.45, 2.75) is 49.0 Å². The summed E-state index contributed by atoms with van der Waals surface area (Å²) < 4.78 is 0. The number of hydrogen-bond donors (Lipinski definition) is 1. The molecule has 5 heteroatoms. The summed E-state index contributed by atoms with van der Waals surface area (Å²) >= 11 is 6.33. The standard InChI is InChI=1S/C30H32ClN3O/c31-28-14-13-25-26(33-28)12-7-16-29(25)20-32-19-27(29)30(24-10-5-2-6-11-24)18-23(15-17-34(30)21-35)22-8-3-1-4-9-22/h1-6,8-11,13-14,21,23,27,32H,7,12,15-20H2. The van der Waals surface area contributed by atoms with E-state index in [9.17, 15) is 4.79 Å². The van der Waals surface area contributed by atoms with E-state index in [-0.39, 0.29) is 11.3 Å². The van der Waals surface area contributed by atoms with Crippen molar-refractivity contribution >= 4 is 18.0 Å². The Hall–Kier alpha value is -2.69. The van der Waals surface area contributed by atoms with Crippen LogP contribution in [0.4, 0.5) is 0 Å². The molecule has 1 amide bonds. The van der Waals surface area contributed by atoms with Crippen molar-refractivity contribution in [3.05, 3.63) is 100 Å². The lowest BCUT2D eigenvalue weighted by atomic mass is 9.55. The Balaban J connectivity index is 1.55. The fourth-order valence-corrected chi connectivity index (χ4v) is 7.72. The molecule has 180 valence electrons. The zero-order valence-electron chi connectivity index (χ0n) is 20.0. The molecule has 3 aromatic rings. The summed E-state index contributed by atoms with van der Waals surface area (Å²) in [4.78, 5) is 19.7. The van der Waals surface area contributed by atoms with E-state index in [4.69, 9.17) is 16.6 Å². The Morgan fingerprint density at radius 1 is 1.03 bits per heavy atom. The first kappa shape index (κ1) is 22.8. The lowest BCUT2D eigenvalue weighted by molar-refractivity contribution is -0.132. The number of halogens is 1. The van der Waals surface area contributed by atoms with Crippen molar-refractivity contribution in [2.75, 3.05) is 19.6 Å². The molecule has 0 radical (unpaired) electrons. The van der Waals surface area contributed by atoms with E-state index in [0.717, 1.165) is 63.8 Å². The first-order valence-electron chi connectivity index (χ1n) is 12.9. The lowest BCUT2D eigenvalue weighted by Gasteiger charge is -2.57. The average molecular weight is 486 g/mol. The number of nitrogens with zero attached hydrogens (tertiary/aromatic N) is 2. The molecule has 1 N–H and O–H groups in total. The average Bonchev–Trinajstić information content (AvgIpc) is 3.33. The Morgan fingerprint density at radius 2 is 1.80 bits per heavy atom. The van der Waals surface area contributed by atoms with Gasteiger partial charge in [-0.25, -0.2) is 4.98 Å². The van der Waals surface area contributed by atoms with Gasteiger partial charge in [0.15, 0.2) is 0 Å². The highest BCUT2D eigenvalue weighted by Crippen LogP contribution is 2.57. The first-order valence-corrected chi connectivity index (χ1v) is 13.2. The number of fused-ring (bicyclic) bond motifs is 2. The molecule has 6 rings (SSSR count). The number of nitrogens with one attached hydrogen (secondary N) is 1. The Labute approximate surface area is 212 Å². The predicted octanol–water partition coefficient (Wildman–Crippen LogP) is 5.46. The van der Waals surface area contributed by atoms with Crippen molar-refractivity contribution in [1.29, 1.82) is 0 Å². The number of rotatable bonds is 4. The van der Waals surface area contributed by atoms with E-state index in [1.165, 1.54) is 16.7 Å².